The van der Waals surface area contributed by atoms with E-state index in [1.165, 1.54) is 64.2 Å². The summed E-state index contributed by atoms with van der Waals surface area (Å²) in [7, 11) is 0. The Kier molecular flexibility index (Phi) is 8.96. The van der Waals surface area contributed by atoms with Gasteiger partial charge < -0.3 is 9.84 Å². The van der Waals surface area contributed by atoms with Gasteiger partial charge in [-0.05, 0) is 110 Å². The Morgan fingerprint density at radius 2 is 1.85 bits per heavy atom. The first-order chi connectivity index (χ1) is 18.7. The fraction of sp³-hybridized carbons (Fsp3) is 0.750. The minimum absolute atomic E-state index is 0.281. The topological polar surface area (TPSA) is 41.8 Å². The first-order valence-corrected chi connectivity index (χ1v) is 16.3. The maximum Gasteiger partial charge on any atom is 0.124 e. The van der Waals surface area contributed by atoms with Crippen molar-refractivity contribution in [3.8, 4) is 5.75 Å². The number of nitrogens with zero attached hydrogens (tertiary/aromatic N) is 1. The minimum atomic E-state index is 0.281. The molecule has 39 heavy (non-hydrogen) atoms. The summed E-state index contributed by atoms with van der Waals surface area (Å²) in [6.45, 7) is 14.0. The highest BCUT2D eigenvalue weighted by molar-refractivity contribution is 5.83. The summed E-state index contributed by atoms with van der Waals surface area (Å²) in [6.07, 6.45) is 19.7. The lowest BCUT2D eigenvalue weighted by Crippen LogP contribution is -2.51. The van der Waals surface area contributed by atoms with Gasteiger partial charge in [-0.2, -0.15) is 0 Å². The van der Waals surface area contributed by atoms with Crippen molar-refractivity contribution in [1.82, 2.24) is 0 Å². The number of rotatable bonds is 10. The predicted octanol–water partition coefficient (Wildman–Crippen LogP) is 9.24. The van der Waals surface area contributed by atoms with Crippen molar-refractivity contribution in [3.63, 3.8) is 0 Å². The third-order valence-corrected chi connectivity index (χ3v) is 12.0. The van der Waals surface area contributed by atoms with E-state index >= 15 is 0 Å². The van der Waals surface area contributed by atoms with Crippen LogP contribution >= 0.6 is 0 Å². The molecule has 0 unspecified atom stereocenters. The Morgan fingerprint density at radius 1 is 1.03 bits per heavy atom. The van der Waals surface area contributed by atoms with Gasteiger partial charge in [0.05, 0.1) is 19.3 Å². The zero-order valence-electron chi connectivity index (χ0n) is 25.5. The number of benzene rings is 1. The van der Waals surface area contributed by atoms with Gasteiger partial charge in [-0.1, -0.05) is 77.7 Å². The Bertz CT molecular complexity index is 1030. The lowest BCUT2D eigenvalue weighted by molar-refractivity contribution is -0.0633. The van der Waals surface area contributed by atoms with Crippen LogP contribution in [0.5, 0.6) is 5.75 Å². The zero-order valence-corrected chi connectivity index (χ0v) is 25.5. The van der Waals surface area contributed by atoms with Gasteiger partial charge in [-0.15, -0.1) is 0 Å². The van der Waals surface area contributed by atoms with Crippen LogP contribution in [0.25, 0.3) is 0 Å². The molecule has 1 N–H and O–H groups in total. The van der Waals surface area contributed by atoms with Crippen LogP contribution < -0.4 is 0 Å². The second-order valence-corrected chi connectivity index (χ2v) is 14.6. The van der Waals surface area contributed by atoms with E-state index in [4.69, 9.17) is 4.74 Å². The molecular formula is C36H55NO2. The summed E-state index contributed by atoms with van der Waals surface area (Å²) >= 11 is 0. The lowest BCUT2D eigenvalue weighted by atomic mass is 9.47. The van der Waals surface area contributed by atoms with Crippen LogP contribution in [-0.2, 0) is 4.74 Å². The van der Waals surface area contributed by atoms with Crippen LogP contribution in [0.15, 0.2) is 40.9 Å². The van der Waals surface area contributed by atoms with Gasteiger partial charge in [0.25, 0.3) is 0 Å². The smallest absolute Gasteiger partial charge is 0.124 e. The first-order valence-electron chi connectivity index (χ1n) is 16.3. The molecule has 0 bridgehead atoms. The molecule has 0 amide bonds. The Morgan fingerprint density at radius 3 is 2.64 bits per heavy atom. The summed E-state index contributed by atoms with van der Waals surface area (Å²) in [6, 6.07) is 7.35. The molecule has 0 saturated heterocycles. The Labute approximate surface area is 238 Å². The molecule has 4 aliphatic carbocycles. The molecule has 3 nitrogen and oxygen atoms in total. The maximum absolute atomic E-state index is 9.91. The van der Waals surface area contributed by atoms with Gasteiger partial charge in [0.2, 0.25) is 0 Å². The molecule has 4 aliphatic rings. The summed E-state index contributed by atoms with van der Waals surface area (Å²) in [5.41, 5.74) is 3.43. The number of aliphatic imine (C=N–C) groups is 1. The van der Waals surface area contributed by atoms with E-state index in [1.807, 2.05) is 18.2 Å². The standard InChI is InChI=1S/C36H55NO2/c1-25(2)9-8-10-26(3)31-15-16-32-30-14-13-28-23-29(17-19-35(28,4)33(30)18-20-36(31,32)5)39-22-21-37-24-27-11-6-7-12-34(27)38/h6-7,11-13,24-26,29-33,38H,8-10,14-23H2,1-5H3/t26-,29+,30+,31-,32+,33+,35+,36-/m1/s1. The summed E-state index contributed by atoms with van der Waals surface area (Å²) in [4.78, 5) is 4.49. The monoisotopic (exact) mass is 533 g/mol. The predicted molar refractivity (Wildman–Crippen MR) is 163 cm³/mol. The van der Waals surface area contributed by atoms with E-state index in [1.54, 1.807) is 17.9 Å². The van der Waals surface area contributed by atoms with Crippen molar-refractivity contribution in [3.05, 3.63) is 41.5 Å². The number of phenolic OH excluding ortho intramolecular Hbond substituents is 1. The summed E-state index contributed by atoms with van der Waals surface area (Å²) in [5.74, 6) is 5.64. The molecule has 5 rings (SSSR count). The Balaban J connectivity index is 1.16. The second-order valence-electron chi connectivity index (χ2n) is 14.6. The molecule has 0 spiro atoms. The van der Waals surface area contributed by atoms with E-state index in [-0.39, 0.29) is 5.75 Å². The molecule has 1 aromatic rings. The van der Waals surface area contributed by atoms with Crippen molar-refractivity contribution in [2.24, 2.45) is 51.3 Å². The highest BCUT2D eigenvalue weighted by atomic mass is 16.5. The molecule has 0 aliphatic heterocycles. The number of phenols is 1. The van der Waals surface area contributed by atoms with E-state index in [0.29, 0.717) is 30.1 Å². The molecule has 8 atom stereocenters. The van der Waals surface area contributed by atoms with E-state index in [9.17, 15) is 5.11 Å². The number of ether oxygens (including phenoxy) is 1. The zero-order chi connectivity index (χ0) is 27.6. The summed E-state index contributed by atoms with van der Waals surface area (Å²) in [5, 5.41) is 9.91. The molecular weight excluding hydrogens is 478 g/mol. The first kappa shape index (κ1) is 28.9. The van der Waals surface area contributed by atoms with Crippen molar-refractivity contribution in [2.45, 2.75) is 111 Å². The quantitative estimate of drug-likeness (QED) is 0.185. The van der Waals surface area contributed by atoms with Crippen LogP contribution in [0.4, 0.5) is 0 Å². The number of fused-ring (bicyclic) bond motifs is 5. The van der Waals surface area contributed by atoms with E-state index < -0.39 is 0 Å². The molecule has 3 saturated carbocycles. The van der Waals surface area contributed by atoms with Gasteiger partial charge in [0.15, 0.2) is 0 Å². The summed E-state index contributed by atoms with van der Waals surface area (Å²) < 4.78 is 6.34. The fourth-order valence-electron chi connectivity index (χ4n) is 9.83. The average Bonchev–Trinajstić information content (AvgIpc) is 3.26. The molecule has 0 radical (unpaired) electrons. The van der Waals surface area contributed by atoms with Crippen molar-refractivity contribution < 1.29 is 9.84 Å². The third kappa shape index (κ3) is 5.90. The van der Waals surface area contributed by atoms with Crippen LogP contribution in [0, 0.1) is 46.3 Å². The normalized spacial score (nSPS) is 36.9. The number of hydrogen-bond donors (Lipinski definition) is 1. The SMILES string of the molecule is CC(C)CCC[C@@H](C)[C@H]1CC[C@H]2[C@@H]3CC=C4C[C@@H](OCCN=Cc5ccccc5O)CC[C@]4(C)[C@H]3CC[C@]12C. The Hall–Kier alpha value is -1.61. The molecule has 3 fully saturated rings. The van der Waals surface area contributed by atoms with Gasteiger partial charge in [0, 0.05) is 11.8 Å². The van der Waals surface area contributed by atoms with E-state index in [0.717, 1.165) is 47.5 Å². The molecule has 216 valence electrons. The average molecular weight is 534 g/mol. The number of hydrogen-bond acceptors (Lipinski definition) is 3. The number of allylic oxidation sites excluding steroid dienone is 1. The van der Waals surface area contributed by atoms with Crippen molar-refractivity contribution in [1.29, 1.82) is 0 Å². The second kappa shape index (κ2) is 12.1. The van der Waals surface area contributed by atoms with Crippen LogP contribution in [0.3, 0.4) is 0 Å². The van der Waals surface area contributed by atoms with Gasteiger partial charge in [-0.25, -0.2) is 0 Å². The van der Waals surface area contributed by atoms with Crippen LogP contribution in [0.2, 0.25) is 0 Å². The third-order valence-electron chi connectivity index (χ3n) is 12.0. The van der Waals surface area contributed by atoms with Gasteiger partial charge in [-0.3, -0.25) is 4.99 Å². The molecule has 3 heteroatoms. The van der Waals surface area contributed by atoms with Crippen LogP contribution in [0.1, 0.15) is 111 Å². The minimum Gasteiger partial charge on any atom is -0.507 e. The molecule has 1 aromatic carbocycles. The van der Waals surface area contributed by atoms with Crippen molar-refractivity contribution >= 4 is 6.21 Å². The number of para-hydroxylation sites is 1. The maximum atomic E-state index is 9.91. The highest BCUT2D eigenvalue weighted by Gasteiger charge is 2.59. The van der Waals surface area contributed by atoms with Gasteiger partial charge in [0.1, 0.15) is 5.75 Å². The highest BCUT2D eigenvalue weighted by Crippen LogP contribution is 2.67. The van der Waals surface area contributed by atoms with Crippen molar-refractivity contribution in [2.75, 3.05) is 13.2 Å². The lowest BCUT2D eigenvalue weighted by Gasteiger charge is -2.58. The molecule has 0 heterocycles. The number of aromatic hydroxyl groups is 1. The fourth-order valence-corrected chi connectivity index (χ4v) is 9.83. The van der Waals surface area contributed by atoms with E-state index in [2.05, 4.69) is 45.7 Å². The van der Waals surface area contributed by atoms with Crippen LogP contribution in [-0.4, -0.2) is 30.6 Å². The van der Waals surface area contributed by atoms with Gasteiger partial charge >= 0.3 is 0 Å². The molecule has 0 aromatic heterocycles. The largest absolute Gasteiger partial charge is 0.507 e.